The molecule has 1 aliphatic heterocycles. The molecule has 128 valence electrons. The van der Waals surface area contributed by atoms with Gasteiger partial charge in [0.25, 0.3) is 5.88 Å². The highest BCUT2D eigenvalue weighted by Gasteiger charge is 2.42. The highest BCUT2D eigenvalue weighted by Crippen LogP contribution is 2.47. The van der Waals surface area contributed by atoms with E-state index in [9.17, 15) is 10.1 Å². The lowest BCUT2D eigenvalue weighted by atomic mass is 9.79. The lowest BCUT2D eigenvalue weighted by molar-refractivity contribution is -0.433. The zero-order chi connectivity index (χ0) is 17.4. The van der Waals surface area contributed by atoms with Crippen molar-refractivity contribution in [2.24, 2.45) is 5.73 Å². The summed E-state index contributed by atoms with van der Waals surface area (Å²) in [6.45, 7) is 0. The third kappa shape index (κ3) is 2.89. The predicted molar refractivity (Wildman–Crippen MR) is 99.5 cm³/mol. The van der Waals surface area contributed by atoms with Gasteiger partial charge < -0.3 is 10.5 Å². The number of hydrogen-bond acceptors (Lipinski definition) is 6. The minimum absolute atomic E-state index is 0.0473. The topological polar surface area (TPSA) is 78.4 Å². The molecule has 2 aliphatic rings. The molecule has 2 aromatic heterocycles. The van der Waals surface area contributed by atoms with Crippen molar-refractivity contribution in [3.8, 4) is 0 Å². The number of nitro groups is 1. The summed E-state index contributed by atoms with van der Waals surface area (Å²) in [6.07, 6.45) is 4.71. The molecule has 7 heteroatoms. The molecule has 2 N–H and O–H groups in total. The van der Waals surface area contributed by atoms with Crippen molar-refractivity contribution in [3.63, 3.8) is 0 Å². The smallest absolute Gasteiger partial charge is 0.317 e. The fourth-order valence-corrected chi connectivity index (χ4v) is 4.77. The molecule has 25 heavy (non-hydrogen) atoms. The van der Waals surface area contributed by atoms with Crippen LogP contribution in [0.3, 0.4) is 0 Å². The van der Waals surface area contributed by atoms with Gasteiger partial charge in [-0.15, -0.1) is 0 Å². The Morgan fingerprint density at radius 3 is 2.72 bits per heavy atom. The highest BCUT2D eigenvalue weighted by atomic mass is 32.1. The molecule has 3 heterocycles. The molecule has 0 fully saturated rings. The Kier molecular flexibility index (Phi) is 4.19. The van der Waals surface area contributed by atoms with Crippen LogP contribution in [0.5, 0.6) is 0 Å². The van der Waals surface area contributed by atoms with Gasteiger partial charge in [-0.2, -0.15) is 22.7 Å². The largest absolute Gasteiger partial charge is 0.435 e. The quantitative estimate of drug-likeness (QED) is 0.617. The number of thiophene rings is 2. The Morgan fingerprint density at radius 2 is 2.04 bits per heavy atom. The van der Waals surface area contributed by atoms with Gasteiger partial charge in [-0.05, 0) is 81.3 Å². The van der Waals surface area contributed by atoms with Crippen LogP contribution in [-0.4, -0.2) is 4.92 Å². The second kappa shape index (κ2) is 6.50. The van der Waals surface area contributed by atoms with Crippen LogP contribution in [0.15, 0.2) is 62.1 Å². The van der Waals surface area contributed by atoms with Crippen molar-refractivity contribution in [3.05, 3.63) is 83.4 Å². The molecule has 0 spiro atoms. The van der Waals surface area contributed by atoms with E-state index in [-0.39, 0.29) is 11.6 Å². The molecule has 0 radical (unpaired) electrons. The average Bonchev–Trinajstić information content (AvgIpc) is 3.27. The second-order valence-electron chi connectivity index (χ2n) is 6.03. The lowest BCUT2D eigenvalue weighted by Crippen LogP contribution is -2.27. The average molecular weight is 372 g/mol. The van der Waals surface area contributed by atoms with Gasteiger partial charge in [0.1, 0.15) is 11.7 Å². The van der Waals surface area contributed by atoms with E-state index < -0.39 is 10.8 Å². The number of nitrogens with zero attached hydrogens (tertiary/aromatic N) is 1. The minimum Gasteiger partial charge on any atom is -0.435 e. The molecule has 1 unspecified atom stereocenters. The SMILES string of the molecule is NC1=C([N+](=O)[O-])C(c2ccsc2)C2=C(O1)/C(=C/c1ccsc1)CCC2. The van der Waals surface area contributed by atoms with Crippen molar-refractivity contribution < 1.29 is 9.66 Å². The van der Waals surface area contributed by atoms with Crippen LogP contribution in [0.2, 0.25) is 0 Å². The van der Waals surface area contributed by atoms with Crippen LogP contribution in [-0.2, 0) is 4.74 Å². The maximum absolute atomic E-state index is 11.6. The summed E-state index contributed by atoms with van der Waals surface area (Å²) >= 11 is 3.17. The third-order valence-corrected chi connectivity index (χ3v) is 5.92. The van der Waals surface area contributed by atoms with Crippen molar-refractivity contribution >= 4 is 28.7 Å². The number of rotatable bonds is 3. The van der Waals surface area contributed by atoms with Gasteiger partial charge in [0, 0.05) is 0 Å². The maximum atomic E-state index is 11.6. The molecule has 2 aromatic rings. The van der Waals surface area contributed by atoms with E-state index in [0.29, 0.717) is 0 Å². The first-order valence-electron chi connectivity index (χ1n) is 7.95. The second-order valence-corrected chi connectivity index (χ2v) is 7.59. The maximum Gasteiger partial charge on any atom is 0.317 e. The van der Waals surface area contributed by atoms with Crippen LogP contribution < -0.4 is 5.73 Å². The molecular weight excluding hydrogens is 356 g/mol. The van der Waals surface area contributed by atoms with E-state index in [1.165, 1.54) is 11.3 Å². The van der Waals surface area contributed by atoms with E-state index in [0.717, 1.165) is 47.3 Å². The summed E-state index contributed by atoms with van der Waals surface area (Å²) in [5, 5.41) is 19.6. The number of hydrogen-bond donors (Lipinski definition) is 1. The van der Waals surface area contributed by atoms with Gasteiger partial charge in [0.15, 0.2) is 0 Å². The Bertz CT molecular complexity index is 893. The van der Waals surface area contributed by atoms with Gasteiger partial charge in [-0.25, -0.2) is 0 Å². The molecule has 0 bridgehead atoms. The van der Waals surface area contributed by atoms with Gasteiger partial charge in [-0.3, -0.25) is 10.1 Å². The van der Waals surface area contributed by atoms with Crippen LogP contribution >= 0.6 is 22.7 Å². The predicted octanol–water partition coefficient (Wildman–Crippen LogP) is 4.85. The molecule has 0 saturated carbocycles. The Labute approximate surface area is 152 Å². The van der Waals surface area contributed by atoms with Crippen molar-refractivity contribution in [1.82, 2.24) is 0 Å². The number of allylic oxidation sites excluding steroid dienone is 2. The summed E-state index contributed by atoms with van der Waals surface area (Å²) in [4.78, 5) is 11.2. The Morgan fingerprint density at radius 1 is 1.24 bits per heavy atom. The van der Waals surface area contributed by atoms with E-state index >= 15 is 0 Å². The van der Waals surface area contributed by atoms with Gasteiger partial charge >= 0.3 is 5.70 Å². The molecule has 0 aromatic carbocycles. The van der Waals surface area contributed by atoms with E-state index in [1.807, 2.05) is 28.3 Å². The van der Waals surface area contributed by atoms with Crippen LogP contribution in [0.1, 0.15) is 36.3 Å². The number of ether oxygens (including phenoxy) is 1. The molecule has 1 atom stereocenters. The first kappa shape index (κ1) is 16.1. The molecule has 5 nitrogen and oxygen atoms in total. The van der Waals surface area contributed by atoms with Gasteiger partial charge in [-0.1, -0.05) is 0 Å². The summed E-state index contributed by atoms with van der Waals surface area (Å²) in [5.74, 6) is 0.186. The summed E-state index contributed by atoms with van der Waals surface area (Å²) < 4.78 is 5.79. The summed E-state index contributed by atoms with van der Waals surface area (Å²) in [6, 6.07) is 3.98. The molecule has 0 amide bonds. The standard InChI is InChI=1S/C18H16N2O3S2/c19-18-16(20(21)22)15(13-5-7-25-10-13)14-3-1-2-12(17(14)23-18)8-11-4-6-24-9-11/h4-10,15H,1-3,19H2/b12-8+. The highest BCUT2D eigenvalue weighted by molar-refractivity contribution is 7.08. The van der Waals surface area contributed by atoms with Crippen LogP contribution in [0, 0.1) is 10.1 Å². The minimum atomic E-state index is -0.434. The monoisotopic (exact) mass is 372 g/mol. The summed E-state index contributed by atoms with van der Waals surface area (Å²) in [7, 11) is 0. The van der Waals surface area contributed by atoms with Crippen LogP contribution in [0.25, 0.3) is 6.08 Å². The van der Waals surface area contributed by atoms with E-state index in [2.05, 4.69) is 11.5 Å². The molecule has 4 rings (SSSR count). The first-order chi connectivity index (χ1) is 12.1. The normalized spacial score (nSPS) is 22.1. The van der Waals surface area contributed by atoms with Crippen molar-refractivity contribution in [1.29, 1.82) is 0 Å². The zero-order valence-corrected chi connectivity index (χ0v) is 14.9. The number of nitrogens with two attached hydrogens (primary N) is 1. The first-order valence-corrected chi connectivity index (χ1v) is 9.84. The van der Waals surface area contributed by atoms with E-state index in [4.69, 9.17) is 10.5 Å². The molecule has 1 aliphatic carbocycles. The Hall–Kier alpha value is -2.38. The fourth-order valence-electron chi connectivity index (χ4n) is 3.47. The van der Waals surface area contributed by atoms with Crippen molar-refractivity contribution in [2.75, 3.05) is 0 Å². The van der Waals surface area contributed by atoms with E-state index in [1.54, 1.807) is 11.3 Å². The van der Waals surface area contributed by atoms with Gasteiger partial charge in [0.05, 0.1) is 4.92 Å². The van der Waals surface area contributed by atoms with Gasteiger partial charge in [0.2, 0.25) is 0 Å². The van der Waals surface area contributed by atoms with Crippen LogP contribution in [0.4, 0.5) is 0 Å². The lowest BCUT2D eigenvalue weighted by Gasteiger charge is -2.31. The molecule has 0 saturated heterocycles. The van der Waals surface area contributed by atoms with Crippen molar-refractivity contribution in [2.45, 2.75) is 25.2 Å². The third-order valence-electron chi connectivity index (χ3n) is 4.52. The fraction of sp³-hybridized carbons (Fsp3) is 0.222. The Balaban J connectivity index is 1.85. The molecular formula is C18H16N2O3S2. The zero-order valence-electron chi connectivity index (χ0n) is 13.3. The summed E-state index contributed by atoms with van der Waals surface area (Å²) in [5.41, 5.74) is 9.98.